The van der Waals surface area contributed by atoms with Crippen LogP contribution >= 0.6 is 0 Å². The zero-order valence-corrected chi connectivity index (χ0v) is 39.5. The molecule has 0 N–H and O–H groups in total. The van der Waals surface area contributed by atoms with E-state index in [1.54, 1.807) is 0 Å². The van der Waals surface area contributed by atoms with Crippen molar-refractivity contribution in [2.24, 2.45) is 0 Å². The Labute approximate surface area is 366 Å². The smallest absolute Gasteiger partial charge is 0.306 e. The lowest BCUT2D eigenvalue weighted by Crippen LogP contribution is -2.30. The molecule has 346 valence electrons. The molecule has 0 aliphatic rings. The van der Waals surface area contributed by atoms with Gasteiger partial charge in [0.25, 0.3) is 0 Å². The fourth-order valence-electron chi connectivity index (χ4n) is 7.49. The summed E-state index contributed by atoms with van der Waals surface area (Å²) in [6.45, 7) is 6.62. The minimum absolute atomic E-state index is 0.0721. The molecule has 0 aliphatic heterocycles. The van der Waals surface area contributed by atoms with Gasteiger partial charge in [-0.05, 0) is 70.6 Å². The van der Waals surface area contributed by atoms with Crippen molar-refractivity contribution in [2.75, 3.05) is 13.2 Å². The van der Waals surface area contributed by atoms with E-state index in [1.165, 1.54) is 173 Å². The van der Waals surface area contributed by atoms with Gasteiger partial charge in [0.15, 0.2) is 6.10 Å². The molecule has 0 aromatic carbocycles. The van der Waals surface area contributed by atoms with Crippen LogP contribution in [0, 0.1) is 0 Å². The van der Waals surface area contributed by atoms with Crippen LogP contribution in [-0.4, -0.2) is 37.2 Å². The lowest BCUT2D eigenvalue weighted by Gasteiger charge is -2.18. The number of unbranched alkanes of at least 4 members (excludes halogenated alkanes) is 32. The van der Waals surface area contributed by atoms with Crippen LogP contribution in [0.2, 0.25) is 0 Å². The molecule has 0 bridgehead atoms. The van der Waals surface area contributed by atoms with Gasteiger partial charge >= 0.3 is 17.9 Å². The lowest BCUT2D eigenvalue weighted by molar-refractivity contribution is -0.167. The highest BCUT2D eigenvalue weighted by Crippen LogP contribution is 2.15. The molecule has 0 saturated heterocycles. The van der Waals surface area contributed by atoms with Crippen LogP contribution in [0.25, 0.3) is 0 Å². The summed E-state index contributed by atoms with van der Waals surface area (Å²) >= 11 is 0. The molecule has 0 aromatic heterocycles. The number of allylic oxidation sites excluding steroid dienone is 4. The fraction of sp³-hybridized carbons (Fsp3) is 0.868. The Balaban J connectivity index is 4.34. The van der Waals surface area contributed by atoms with Gasteiger partial charge in [-0.2, -0.15) is 0 Å². The molecule has 1 atom stereocenters. The van der Waals surface area contributed by atoms with Crippen LogP contribution in [0.5, 0.6) is 0 Å². The van der Waals surface area contributed by atoms with Gasteiger partial charge < -0.3 is 14.2 Å². The average molecular weight is 831 g/mol. The highest BCUT2D eigenvalue weighted by molar-refractivity contribution is 5.71. The molecule has 0 heterocycles. The second-order valence-corrected chi connectivity index (χ2v) is 17.4. The maximum absolute atomic E-state index is 12.8. The Morgan fingerprint density at radius 1 is 0.322 bits per heavy atom. The molecule has 0 rings (SSSR count). The summed E-state index contributed by atoms with van der Waals surface area (Å²) in [6.07, 6.45) is 54.4. The van der Waals surface area contributed by atoms with E-state index in [9.17, 15) is 14.4 Å². The first-order chi connectivity index (χ1) is 29.0. The van der Waals surface area contributed by atoms with E-state index in [1.807, 2.05) is 0 Å². The summed E-state index contributed by atoms with van der Waals surface area (Å²) in [6, 6.07) is 0. The maximum atomic E-state index is 12.8. The van der Waals surface area contributed by atoms with Crippen molar-refractivity contribution in [1.29, 1.82) is 0 Å². The molecule has 0 aromatic rings. The first-order valence-corrected chi connectivity index (χ1v) is 25.8. The molecule has 0 aliphatic carbocycles. The largest absolute Gasteiger partial charge is 0.462 e. The zero-order valence-electron chi connectivity index (χ0n) is 39.5. The van der Waals surface area contributed by atoms with Gasteiger partial charge in [0.1, 0.15) is 13.2 Å². The summed E-state index contributed by atoms with van der Waals surface area (Å²) in [5, 5.41) is 0. The Hall–Kier alpha value is -2.11. The van der Waals surface area contributed by atoms with Crippen molar-refractivity contribution < 1.29 is 28.6 Å². The quantitative estimate of drug-likeness (QED) is 0.0263. The van der Waals surface area contributed by atoms with Crippen LogP contribution in [0.4, 0.5) is 0 Å². The number of hydrogen-bond donors (Lipinski definition) is 0. The third-order valence-corrected chi connectivity index (χ3v) is 11.4. The first kappa shape index (κ1) is 56.9. The van der Waals surface area contributed by atoms with Gasteiger partial charge in [-0.25, -0.2) is 0 Å². The molecule has 6 nitrogen and oxygen atoms in total. The van der Waals surface area contributed by atoms with Crippen LogP contribution < -0.4 is 0 Å². The average Bonchev–Trinajstić information content (AvgIpc) is 3.23. The second kappa shape index (κ2) is 48.6. The highest BCUT2D eigenvalue weighted by atomic mass is 16.6. The van der Waals surface area contributed by atoms with E-state index in [4.69, 9.17) is 14.2 Å². The summed E-state index contributed by atoms with van der Waals surface area (Å²) in [4.78, 5) is 37.9. The molecule has 0 fully saturated rings. The number of ether oxygens (including phenoxy) is 3. The molecule has 0 saturated carbocycles. The first-order valence-electron chi connectivity index (χ1n) is 25.8. The fourth-order valence-corrected chi connectivity index (χ4v) is 7.49. The third kappa shape index (κ3) is 46.8. The lowest BCUT2D eigenvalue weighted by atomic mass is 10.1. The number of hydrogen-bond acceptors (Lipinski definition) is 6. The van der Waals surface area contributed by atoms with Gasteiger partial charge in [0, 0.05) is 19.3 Å². The van der Waals surface area contributed by atoms with Crippen molar-refractivity contribution in [3.05, 3.63) is 24.3 Å². The van der Waals surface area contributed by atoms with Crippen molar-refractivity contribution >= 4 is 17.9 Å². The molecular weight excluding hydrogens is 733 g/mol. The van der Waals surface area contributed by atoms with Crippen LogP contribution in [0.1, 0.15) is 278 Å². The van der Waals surface area contributed by atoms with Gasteiger partial charge in [0.2, 0.25) is 0 Å². The van der Waals surface area contributed by atoms with E-state index in [2.05, 4.69) is 45.1 Å². The van der Waals surface area contributed by atoms with Crippen molar-refractivity contribution in [1.82, 2.24) is 0 Å². The predicted molar refractivity (Wildman–Crippen MR) is 252 cm³/mol. The van der Waals surface area contributed by atoms with E-state index in [0.717, 1.165) is 64.2 Å². The number of esters is 3. The second-order valence-electron chi connectivity index (χ2n) is 17.4. The molecule has 6 heteroatoms. The van der Waals surface area contributed by atoms with E-state index >= 15 is 0 Å². The Morgan fingerprint density at radius 2 is 0.559 bits per heavy atom. The van der Waals surface area contributed by atoms with Crippen LogP contribution in [0.3, 0.4) is 0 Å². The van der Waals surface area contributed by atoms with Gasteiger partial charge in [-0.15, -0.1) is 0 Å². The normalized spacial score (nSPS) is 12.1. The molecule has 0 spiro atoms. The maximum Gasteiger partial charge on any atom is 0.306 e. The third-order valence-electron chi connectivity index (χ3n) is 11.4. The number of carbonyl (C=O) groups is 3. The Bertz CT molecular complexity index is 958. The standard InChI is InChI=1S/C53H98O6/c1-4-7-10-13-16-19-22-24-25-26-27-29-32-35-38-41-44-47-53(56)59-50(48-57-51(54)45-42-39-36-33-30-21-18-15-12-9-6-3)49-58-52(55)46-43-40-37-34-31-28-23-20-17-14-11-8-5-2/h20,23-25,50H,4-19,21-22,26-49H2,1-3H3/b23-20-,25-24-/t50-/m0/s1. The summed E-state index contributed by atoms with van der Waals surface area (Å²) in [7, 11) is 0. The molecular formula is C53H98O6. The summed E-state index contributed by atoms with van der Waals surface area (Å²) in [5.41, 5.74) is 0. The highest BCUT2D eigenvalue weighted by Gasteiger charge is 2.19. The topological polar surface area (TPSA) is 78.9 Å². The summed E-state index contributed by atoms with van der Waals surface area (Å²) < 4.78 is 16.8. The summed E-state index contributed by atoms with van der Waals surface area (Å²) in [5.74, 6) is -0.875. The van der Waals surface area contributed by atoms with E-state index < -0.39 is 6.10 Å². The molecule has 59 heavy (non-hydrogen) atoms. The van der Waals surface area contributed by atoms with Gasteiger partial charge in [-0.1, -0.05) is 212 Å². The molecule has 0 unspecified atom stereocenters. The SMILES string of the molecule is CCCCCC/C=C\CCCCCCCC(=O)OC[C@H](COC(=O)CCCCCCCCCCCCC)OC(=O)CCCCCCCCC/C=C\CCCCCCCC. The van der Waals surface area contributed by atoms with E-state index in [0.29, 0.717) is 19.3 Å². The van der Waals surface area contributed by atoms with Gasteiger partial charge in [0.05, 0.1) is 0 Å². The monoisotopic (exact) mass is 831 g/mol. The Morgan fingerprint density at radius 3 is 0.864 bits per heavy atom. The molecule has 0 amide bonds. The Kier molecular flexibility index (Phi) is 46.8. The number of rotatable bonds is 47. The number of carbonyl (C=O) groups excluding carboxylic acids is 3. The van der Waals surface area contributed by atoms with Crippen LogP contribution in [-0.2, 0) is 28.6 Å². The van der Waals surface area contributed by atoms with E-state index in [-0.39, 0.29) is 31.1 Å². The zero-order chi connectivity index (χ0) is 43.0. The van der Waals surface area contributed by atoms with Crippen molar-refractivity contribution in [3.8, 4) is 0 Å². The minimum atomic E-state index is -0.771. The van der Waals surface area contributed by atoms with Crippen molar-refractivity contribution in [2.45, 2.75) is 284 Å². The van der Waals surface area contributed by atoms with Crippen LogP contribution in [0.15, 0.2) is 24.3 Å². The molecule has 0 radical (unpaired) electrons. The minimum Gasteiger partial charge on any atom is -0.462 e. The van der Waals surface area contributed by atoms with Gasteiger partial charge in [-0.3, -0.25) is 14.4 Å². The predicted octanol–water partition coefficient (Wildman–Crippen LogP) is 16.8. The van der Waals surface area contributed by atoms with Crippen molar-refractivity contribution in [3.63, 3.8) is 0 Å².